The van der Waals surface area contributed by atoms with Crippen molar-refractivity contribution in [3.63, 3.8) is 0 Å². The lowest BCUT2D eigenvalue weighted by atomic mass is 10.3. The Morgan fingerprint density at radius 3 is 2.89 bits per heavy atom. The number of imide groups is 1. The van der Waals surface area contributed by atoms with Crippen molar-refractivity contribution in [2.24, 2.45) is 0 Å². The van der Waals surface area contributed by atoms with E-state index in [1.807, 2.05) is 0 Å². The van der Waals surface area contributed by atoms with Crippen LogP contribution in [-0.2, 0) is 9.59 Å². The standard InChI is InChI=1S/C12H13ClN2O2S/c13-9-6-8(14)3-4-10(9)18-7-12(17)15-5-1-2-11(15)16/h3-4,6H,1-2,5,7,14H2. The van der Waals surface area contributed by atoms with Crippen LogP contribution >= 0.6 is 23.4 Å². The molecule has 18 heavy (non-hydrogen) atoms. The Balaban J connectivity index is 1.95. The number of nitrogen functional groups attached to an aromatic ring is 1. The molecule has 4 nitrogen and oxygen atoms in total. The van der Waals surface area contributed by atoms with Crippen LogP contribution < -0.4 is 5.73 Å². The van der Waals surface area contributed by atoms with Gasteiger partial charge in [-0.15, -0.1) is 11.8 Å². The van der Waals surface area contributed by atoms with Crippen LogP contribution in [0.15, 0.2) is 23.1 Å². The summed E-state index contributed by atoms with van der Waals surface area (Å²) in [7, 11) is 0. The third-order valence-corrected chi connectivity index (χ3v) is 4.16. The van der Waals surface area contributed by atoms with Gasteiger partial charge in [-0.05, 0) is 24.6 Å². The first-order valence-electron chi connectivity index (χ1n) is 5.59. The first kappa shape index (κ1) is 13.2. The summed E-state index contributed by atoms with van der Waals surface area (Å²) in [5.41, 5.74) is 6.18. The van der Waals surface area contributed by atoms with Crippen molar-refractivity contribution >= 4 is 40.9 Å². The number of likely N-dealkylation sites (tertiary alicyclic amines) is 1. The molecule has 2 amide bonds. The fourth-order valence-corrected chi connectivity index (χ4v) is 2.91. The van der Waals surface area contributed by atoms with Crippen LogP contribution in [0.4, 0.5) is 5.69 Å². The molecule has 1 fully saturated rings. The van der Waals surface area contributed by atoms with Gasteiger partial charge in [-0.1, -0.05) is 11.6 Å². The molecular weight excluding hydrogens is 272 g/mol. The maximum atomic E-state index is 11.8. The van der Waals surface area contributed by atoms with Crippen molar-refractivity contribution in [1.82, 2.24) is 4.90 Å². The lowest BCUT2D eigenvalue weighted by molar-refractivity contribution is -0.140. The van der Waals surface area contributed by atoms with E-state index in [0.717, 1.165) is 11.3 Å². The van der Waals surface area contributed by atoms with E-state index in [2.05, 4.69) is 0 Å². The molecule has 1 aromatic rings. The van der Waals surface area contributed by atoms with Crippen molar-refractivity contribution in [2.75, 3.05) is 18.0 Å². The van der Waals surface area contributed by atoms with E-state index in [-0.39, 0.29) is 17.6 Å². The zero-order chi connectivity index (χ0) is 13.1. The van der Waals surface area contributed by atoms with Crippen molar-refractivity contribution in [3.05, 3.63) is 23.2 Å². The molecule has 0 atom stereocenters. The van der Waals surface area contributed by atoms with Gasteiger partial charge < -0.3 is 5.73 Å². The van der Waals surface area contributed by atoms with Gasteiger partial charge in [0.05, 0.1) is 10.8 Å². The zero-order valence-electron chi connectivity index (χ0n) is 9.69. The second kappa shape index (κ2) is 5.63. The Morgan fingerprint density at radius 1 is 1.50 bits per heavy atom. The minimum absolute atomic E-state index is 0.0796. The van der Waals surface area contributed by atoms with Gasteiger partial charge in [-0.3, -0.25) is 14.5 Å². The van der Waals surface area contributed by atoms with Gasteiger partial charge in [0.15, 0.2) is 0 Å². The second-order valence-corrected chi connectivity index (χ2v) is 5.45. The molecule has 96 valence electrons. The molecule has 0 unspecified atom stereocenters. The molecule has 1 aliphatic heterocycles. The van der Waals surface area contributed by atoms with E-state index in [4.69, 9.17) is 17.3 Å². The Kier molecular flexibility index (Phi) is 4.14. The average molecular weight is 285 g/mol. The molecule has 0 spiro atoms. The van der Waals surface area contributed by atoms with Crippen LogP contribution in [0, 0.1) is 0 Å². The van der Waals surface area contributed by atoms with Crippen LogP contribution in [0.2, 0.25) is 5.02 Å². The van der Waals surface area contributed by atoms with Crippen LogP contribution in [-0.4, -0.2) is 29.0 Å². The number of carbonyl (C=O) groups is 2. The third-order valence-electron chi connectivity index (χ3n) is 2.68. The molecule has 1 aromatic carbocycles. The summed E-state index contributed by atoms with van der Waals surface area (Å²) < 4.78 is 0. The molecule has 2 N–H and O–H groups in total. The van der Waals surface area contributed by atoms with Crippen LogP contribution in [0.3, 0.4) is 0 Å². The highest BCUT2D eigenvalue weighted by molar-refractivity contribution is 8.00. The molecule has 0 radical (unpaired) electrons. The SMILES string of the molecule is Nc1ccc(SCC(=O)N2CCCC2=O)c(Cl)c1. The monoisotopic (exact) mass is 284 g/mol. The molecular formula is C12H13ClN2O2S. The molecule has 0 aromatic heterocycles. The van der Waals surface area contributed by atoms with Crippen LogP contribution in [0.25, 0.3) is 0 Å². The van der Waals surface area contributed by atoms with E-state index in [1.54, 1.807) is 18.2 Å². The Labute approximate surface area is 114 Å². The highest BCUT2D eigenvalue weighted by atomic mass is 35.5. The zero-order valence-corrected chi connectivity index (χ0v) is 11.3. The van der Waals surface area contributed by atoms with Gasteiger partial charge in [-0.2, -0.15) is 0 Å². The molecule has 1 saturated heterocycles. The predicted molar refractivity (Wildman–Crippen MR) is 72.5 cm³/mol. The number of benzene rings is 1. The number of halogens is 1. The number of nitrogens with two attached hydrogens (primary N) is 1. The highest BCUT2D eigenvalue weighted by Crippen LogP contribution is 2.29. The minimum atomic E-state index is -0.157. The van der Waals surface area contributed by atoms with Crippen molar-refractivity contribution in [1.29, 1.82) is 0 Å². The summed E-state index contributed by atoms with van der Waals surface area (Å²) in [5, 5.41) is 0.528. The van der Waals surface area contributed by atoms with Crippen molar-refractivity contribution < 1.29 is 9.59 Å². The van der Waals surface area contributed by atoms with Gasteiger partial charge in [0.1, 0.15) is 0 Å². The normalized spacial score (nSPS) is 15.2. The average Bonchev–Trinajstić information content (AvgIpc) is 2.74. The summed E-state index contributed by atoms with van der Waals surface area (Å²) >= 11 is 7.33. The Bertz CT molecular complexity index is 493. The van der Waals surface area contributed by atoms with Gasteiger partial charge in [0, 0.05) is 23.5 Å². The molecule has 2 rings (SSSR count). The fraction of sp³-hybridized carbons (Fsp3) is 0.333. The lowest BCUT2D eigenvalue weighted by Crippen LogP contribution is -2.33. The first-order chi connectivity index (χ1) is 8.58. The van der Waals surface area contributed by atoms with Gasteiger partial charge in [-0.25, -0.2) is 0 Å². The summed E-state index contributed by atoms with van der Waals surface area (Å²) in [6.45, 7) is 0.535. The molecule has 0 bridgehead atoms. The lowest BCUT2D eigenvalue weighted by Gasteiger charge is -2.13. The summed E-state index contributed by atoms with van der Waals surface area (Å²) in [6.07, 6.45) is 1.23. The van der Waals surface area contributed by atoms with E-state index in [9.17, 15) is 9.59 Å². The van der Waals surface area contributed by atoms with Gasteiger partial charge in [0.25, 0.3) is 0 Å². The fourth-order valence-electron chi connectivity index (χ4n) is 1.76. The topological polar surface area (TPSA) is 63.4 Å². The number of amides is 2. The third kappa shape index (κ3) is 2.97. The summed E-state index contributed by atoms with van der Waals surface area (Å²) in [5.74, 6) is -0.0190. The molecule has 1 heterocycles. The smallest absolute Gasteiger partial charge is 0.239 e. The number of hydrogen-bond donors (Lipinski definition) is 1. The number of hydrogen-bond acceptors (Lipinski definition) is 4. The van der Waals surface area contributed by atoms with E-state index in [1.165, 1.54) is 16.7 Å². The van der Waals surface area contributed by atoms with Gasteiger partial charge in [0.2, 0.25) is 11.8 Å². The summed E-state index contributed by atoms with van der Waals surface area (Å²) in [6, 6.07) is 5.16. The Morgan fingerprint density at radius 2 is 2.28 bits per heavy atom. The molecule has 0 aliphatic carbocycles. The molecule has 0 saturated carbocycles. The quantitative estimate of drug-likeness (QED) is 0.682. The second-order valence-electron chi connectivity index (χ2n) is 4.02. The number of nitrogens with zero attached hydrogens (tertiary/aromatic N) is 1. The number of rotatable bonds is 3. The number of thioether (sulfide) groups is 1. The first-order valence-corrected chi connectivity index (χ1v) is 6.95. The molecule has 6 heteroatoms. The van der Waals surface area contributed by atoms with Crippen LogP contribution in [0.5, 0.6) is 0 Å². The maximum Gasteiger partial charge on any atom is 0.239 e. The largest absolute Gasteiger partial charge is 0.399 e. The molecule has 1 aliphatic rings. The van der Waals surface area contributed by atoms with Crippen molar-refractivity contribution in [2.45, 2.75) is 17.7 Å². The highest BCUT2D eigenvalue weighted by Gasteiger charge is 2.26. The van der Waals surface area contributed by atoms with Gasteiger partial charge >= 0.3 is 0 Å². The number of anilines is 1. The van der Waals surface area contributed by atoms with Crippen LogP contribution in [0.1, 0.15) is 12.8 Å². The summed E-state index contributed by atoms with van der Waals surface area (Å²) in [4.78, 5) is 25.3. The number of carbonyl (C=O) groups excluding carboxylic acids is 2. The van der Waals surface area contributed by atoms with E-state index < -0.39 is 0 Å². The maximum absolute atomic E-state index is 11.8. The predicted octanol–water partition coefficient (Wildman–Crippen LogP) is 2.16. The van der Waals surface area contributed by atoms with Crippen molar-refractivity contribution in [3.8, 4) is 0 Å². The Hall–Kier alpha value is -1.20. The van der Waals surface area contributed by atoms with E-state index >= 15 is 0 Å². The minimum Gasteiger partial charge on any atom is -0.399 e. The van der Waals surface area contributed by atoms with E-state index in [0.29, 0.717) is 23.7 Å².